The Morgan fingerprint density at radius 2 is 2.33 bits per heavy atom. The van der Waals surface area contributed by atoms with Crippen molar-refractivity contribution in [2.45, 2.75) is 26.4 Å². The molecule has 4 heteroatoms. The first-order chi connectivity index (χ1) is 5.65. The van der Waals surface area contributed by atoms with E-state index in [0.717, 1.165) is 16.7 Å². The lowest BCUT2D eigenvalue weighted by atomic mass is 10.4. The zero-order chi connectivity index (χ0) is 9.14. The van der Waals surface area contributed by atoms with E-state index in [2.05, 4.69) is 40.2 Å². The molecular weight excluding hydrogens is 218 g/mol. The Kier molecular flexibility index (Phi) is 3.29. The van der Waals surface area contributed by atoms with Gasteiger partial charge in [-0.2, -0.15) is 5.10 Å². The first kappa shape index (κ1) is 9.74. The summed E-state index contributed by atoms with van der Waals surface area (Å²) in [6.07, 6.45) is 2.01. The lowest BCUT2D eigenvalue weighted by molar-refractivity contribution is 0.524. The monoisotopic (exact) mass is 231 g/mol. The van der Waals surface area contributed by atoms with Crippen LogP contribution in [0.5, 0.6) is 0 Å². The summed E-state index contributed by atoms with van der Waals surface area (Å²) in [4.78, 5) is 0. The molecule has 0 aliphatic carbocycles. The first-order valence-electron chi connectivity index (χ1n) is 4.03. The molecule has 1 aromatic rings. The molecule has 3 nitrogen and oxygen atoms in total. The number of aromatic nitrogens is 2. The summed E-state index contributed by atoms with van der Waals surface area (Å²) < 4.78 is 3.03. The number of nitrogens with zero attached hydrogens (tertiary/aromatic N) is 2. The third kappa shape index (κ3) is 2.08. The fraction of sp³-hybridized carbons (Fsp3) is 0.625. The highest BCUT2D eigenvalue weighted by Gasteiger charge is 2.06. The van der Waals surface area contributed by atoms with Gasteiger partial charge < -0.3 is 5.32 Å². The minimum Gasteiger partial charge on any atom is -0.314 e. The highest BCUT2D eigenvalue weighted by atomic mass is 79.9. The topological polar surface area (TPSA) is 29.9 Å². The molecule has 1 N–H and O–H groups in total. The average molecular weight is 232 g/mol. The van der Waals surface area contributed by atoms with Crippen molar-refractivity contribution in [2.75, 3.05) is 7.05 Å². The number of hydrogen-bond donors (Lipinski definition) is 1. The first-order valence-corrected chi connectivity index (χ1v) is 4.82. The van der Waals surface area contributed by atoms with Crippen molar-refractivity contribution >= 4 is 15.9 Å². The van der Waals surface area contributed by atoms with Gasteiger partial charge in [-0.1, -0.05) is 0 Å². The highest BCUT2D eigenvalue weighted by molar-refractivity contribution is 9.10. The standard InChI is InChI=1S/C8H14BrN3/c1-6(2)12-5-7(9)8(11-12)4-10-3/h5-6,10H,4H2,1-3H3. The Labute approximate surface area is 81.3 Å². The average Bonchev–Trinajstić information content (AvgIpc) is 2.34. The smallest absolute Gasteiger partial charge is 0.0904 e. The fourth-order valence-corrected chi connectivity index (χ4v) is 1.39. The molecule has 0 fully saturated rings. The molecule has 0 saturated carbocycles. The van der Waals surface area contributed by atoms with E-state index >= 15 is 0 Å². The van der Waals surface area contributed by atoms with Crippen LogP contribution in [-0.4, -0.2) is 16.8 Å². The predicted molar refractivity (Wildman–Crippen MR) is 53.1 cm³/mol. The Morgan fingerprint density at radius 3 is 2.75 bits per heavy atom. The number of rotatable bonds is 3. The van der Waals surface area contributed by atoms with Gasteiger partial charge in [0.1, 0.15) is 0 Å². The minimum absolute atomic E-state index is 0.423. The van der Waals surface area contributed by atoms with E-state index in [0.29, 0.717) is 6.04 Å². The summed E-state index contributed by atoms with van der Waals surface area (Å²) in [7, 11) is 1.92. The molecule has 0 amide bonds. The van der Waals surface area contributed by atoms with Crippen molar-refractivity contribution in [3.8, 4) is 0 Å². The normalized spacial score (nSPS) is 11.1. The van der Waals surface area contributed by atoms with Gasteiger partial charge in [-0.25, -0.2) is 0 Å². The third-order valence-electron chi connectivity index (χ3n) is 1.63. The second-order valence-electron chi connectivity index (χ2n) is 3.03. The van der Waals surface area contributed by atoms with E-state index in [1.54, 1.807) is 0 Å². The Balaban J connectivity index is 2.85. The number of halogens is 1. The predicted octanol–water partition coefficient (Wildman–Crippen LogP) is 1.95. The van der Waals surface area contributed by atoms with Gasteiger partial charge in [0.05, 0.1) is 10.2 Å². The van der Waals surface area contributed by atoms with Gasteiger partial charge >= 0.3 is 0 Å². The second-order valence-corrected chi connectivity index (χ2v) is 3.88. The maximum absolute atomic E-state index is 4.41. The molecule has 0 spiro atoms. The highest BCUT2D eigenvalue weighted by Crippen LogP contribution is 2.16. The molecule has 1 heterocycles. The summed E-state index contributed by atoms with van der Waals surface area (Å²) in [5, 5.41) is 7.48. The van der Waals surface area contributed by atoms with Crippen molar-refractivity contribution in [3.05, 3.63) is 16.4 Å². The van der Waals surface area contributed by atoms with Crippen LogP contribution in [0.4, 0.5) is 0 Å². The summed E-state index contributed by atoms with van der Waals surface area (Å²) >= 11 is 3.46. The Bertz CT molecular complexity index is 255. The quantitative estimate of drug-likeness (QED) is 0.863. The maximum atomic E-state index is 4.41. The maximum Gasteiger partial charge on any atom is 0.0904 e. The zero-order valence-electron chi connectivity index (χ0n) is 7.63. The van der Waals surface area contributed by atoms with Crippen molar-refractivity contribution in [1.82, 2.24) is 15.1 Å². The molecular formula is C8H14BrN3. The van der Waals surface area contributed by atoms with Crippen molar-refractivity contribution in [1.29, 1.82) is 0 Å². The third-order valence-corrected chi connectivity index (χ3v) is 2.29. The van der Waals surface area contributed by atoms with Crippen LogP contribution in [0.1, 0.15) is 25.6 Å². The molecule has 0 aliphatic rings. The zero-order valence-corrected chi connectivity index (χ0v) is 9.22. The van der Waals surface area contributed by atoms with Crippen LogP contribution in [0.3, 0.4) is 0 Å². The number of hydrogen-bond acceptors (Lipinski definition) is 2. The Hall–Kier alpha value is -0.350. The largest absolute Gasteiger partial charge is 0.314 e. The van der Waals surface area contributed by atoms with Crippen LogP contribution < -0.4 is 5.32 Å². The summed E-state index contributed by atoms with van der Waals surface area (Å²) in [5.41, 5.74) is 1.06. The fourth-order valence-electron chi connectivity index (χ4n) is 0.958. The lowest BCUT2D eigenvalue weighted by Crippen LogP contribution is -2.08. The van der Waals surface area contributed by atoms with E-state index in [1.807, 2.05) is 17.9 Å². The lowest BCUT2D eigenvalue weighted by Gasteiger charge is -2.03. The Morgan fingerprint density at radius 1 is 1.67 bits per heavy atom. The SMILES string of the molecule is CNCc1nn(C(C)C)cc1Br. The van der Waals surface area contributed by atoms with Gasteiger partial charge in [0.15, 0.2) is 0 Å². The van der Waals surface area contributed by atoms with Gasteiger partial charge in [-0.15, -0.1) is 0 Å². The van der Waals surface area contributed by atoms with Crippen molar-refractivity contribution in [3.63, 3.8) is 0 Å². The van der Waals surface area contributed by atoms with E-state index in [4.69, 9.17) is 0 Å². The van der Waals surface area contributed by atoms with Crippen molar-refractivity contribution < 1.29 is 0 Å². The minimum atomic E-state index is 0.423. The molecule has 0 aromatic carbocycles. The van der Waals surface area contributed by atoms with Crippen LogP contribution in [0.2, 0.25) is 0 Å². The van der Waals surface area contributed by atoms with Crippen LogP contribution >= 0.6 is 15.9 Å². The summed E-state index contributed by atoms with van der Waals surface area (Å²) in [6.45, 7) is 5.03. The molecule has 0 bridgehead atoms. The van der Waals surface area contributed by atoms with Crippen LogP contribution in [0.25, 0.3) is 0 Å². The van der Waals surface area contributed by atoms with Gasteiger partial charge in [0.25, 0.3) is 0 Å². The van der Waals surface area contributed by atoms with Crippen LogP contribution in [0, 0.1) is 0 Å². The van der Waals surface area contributed by atoms with Gasteiger partial charge in [0.2, 0.25) is 0 Å². The number of nitrogens with one attached hydrogen (secondary N) is 1. The van der Waals surface area contributed by atoms with Crippen LogP contribution in [-0.2, 0) is 6.54 Å². The molecule has 0 atom stereocenters. The van der Waals surface area contributed by atoms with E-state index in [9.17, 15) is 0 Å². The van der Waals surface area contributed by atoms with Gasteiger partial charge in [-0.3, -0.25) is 4.68 Å². The summed E-state index contributed by atoms with van der Waals surface area (Å²) in [5.74, 6) is 0. The molecule has 0 saturated heterocycles. The van der Waals surface area contributed by atoms with E-state index in [-0.39, 0.29) is 0 Å². The molecule has 1 aromatic heterocycles. The molecule has 0 radical (unpaired) electrons. The summed E-state index contributed by atoms with van der Waals surface area (Å²) in [6, 6.07) is 0.423. The van der Waals surface area contributed by atoms with E-state index in [1.165, 1.54) is 0 Å². The van der Waals surface area contributed by atoms with Gasteiger partial charge in [-0.05, 0) is 36.8 Å². The van der Waals surface area contributed by atoms with Crippen LogP contribution in [0.15, 0.2) is 10.7 Å². The molecule has 0 aliphatic heterocycles. The van der Waals surface area contributed by atoms with Crippen molar-refractivity contribution in [2.24, 2.45) is 0 Å². The second kappa shape index (κ2) is 4.05. The molecule has 0 unspecified atom stereocenters. The molecule has 1 rings (SSSR count). The molecule has 12 heavy (non-hydrogen) atoms. The molecule has 68 valence electrons. The van der Waals surface area contributed by atoms with Gasteiger partial charge in [0, 0.05) is 18.8 Å². The van der Waals surface area contributed by atoms with E-state index < -0.39 is 0 Å².